The fraction of sp³-hybridized carbons (Fsp3) is 0.355. The molecule has 1 aliphatic carbocycles. The van der Waals surface area contributed by atoms with E-state index in [2.05, 4.69) is 5.32 Å². The van der Waals surface area contributed by atoms with Gasteiger partial charge in [-0.3, -0.25) is 13.9 Å². The van der Waals surface area contributed by atoms with E-state index < -0.39 is 34.3 Å². The van der Waals surface area contributed by atoms with Crippen LogP contribution in [-0.2, 0) is 26.2 Å². The van der Waals surface area contributed by atoms with Gasteiger partial charge >= 0.3 is 0 Å². The van der Waals surface area contributed by atoms with E-state index in [1.165, 1.54) is 30.2 Å². The van der Waals surface area contributed by atoms with Crippen molar-refractivity contribution < 1.29 is 27.1 Å². The third-order valence-electron chi connectivity index (χ3n) is 7.41. The van der Waals surface area contributed by atoms with E-state index in [0.29, 0.717) is 11.3 Å². The number of methoxy groups -OCH3 is 1. The van der Waals surface area contributed by atoms with Crippen LogP contribution in [-0.4, -0.2) is 50.9 Å². The summed E-state index contributed by atoms with van der Waals surface area (Å²) in [5, 5.41) is 2.78. The number of hydrogen-bond donors (Lipinski definition) is 1. The van der Waals surface area contributed by atoms with Crippen molar-refractivity contribution in [3.63, 3.8) is 0 Å². The normalized spacial score (nSPS) is 14.6. The molecule has 3 aromatic rings. The third kappa shape index (κ3) is 7.60. The SMILES string of the molecule is COc1cccc(CN(C(=O)CN(c2ccc(F)c(Cl)c2)S(=O)(=O)c2ccccc2)[C@@H](C)C(=O)NC2CCCCC2)c1. The summed E-state index contributed by atoms with van der Waals surface area (Å²) in [7, 11) is -2.75. The van der Waals surface area contributed by atoms with Gasteiger partial charge in [0.05, 0.1) is 22.7 Å². The Hall–Kier alpha value is -3.63. The lowest BCUT2D eigenvalue weighted by molar-refractivity contribution is -0.139. The molecule has 8 nitrogen and oxygen atoms in total. The van der Waals surface area contributed by atoms with E-state index in [1.807, 2.05) is 0 Å². The van der Waals surface area contributed by atoms with Gasteiger partial charge in [0, 0.05) is 12.6 Å². The quantitative estimate of drug-likeness (QED) is 0.305. The maximum absolute atomic E-state index is 14.1. The first kappa shape index (κ1) is 31.3. The summed E-state index contributed by atoms with van der Waals surface area (Å²) in [4.78, 5) is 28.8. The minimum atomic E-state index is -4.28. The summed E-state index contributed by atoms with van der Waals surface area (Å²) in [6.07, 6.45) is 4.92. The molecular formula is C31H35ClFN3O5S. The standard InChI is InChI=1S/C31H35ClFN3O5S/c1-22(31(38)34-24-11-5-3-6-12-24)35(20-23-10-9-13-26(18-23)41-2)30(37)21-36(25-16-17-29(33)28(32)19-25)42(39,40)27-14-7-4-8-15-27/h4,7-10,13-19,22,24H,3,5-6,11-12,20-21H2,1-2H3,(H,34,38)/t22-/m0/s1. The maximum Gasteiger partial charge on any atom is 0.264 e. The lowest BCUT2D eigenvalue weighted by Gasteiger charge is -2.33. The zero-order valence-electron chi connectivity index (χ0n) is 23.6. The first-order valence-electron chi connectivity index (χ1n) is 13.9. The van der Waals surface area contributed by atoms with Crippen molar-refractivity contribution in [2.45, 2.75) is 62.6 Å². The third-order valence-corrected chi connectivity index (χ3v) is 9.48. The Morgan fingerprint density at radius 1 is 1.02 bits per heavy atom. The van der Waals surface area contributed by atoms with E-state index in [-0.39, 0.29) is 34.1 Å². The first-order valence-corrected chi connectivity index (χ1v) is 15.7. The van der Waals surface area contributed by atoms with Gasteiger partial charge in [0.2, 0.25) is 11.8 Å². The van der Waals surface area contributed by atoms with Crippen LogP contribution in [0.3, 0.4) is 0 Å². The van der Waals surface area contributed by atoms with Crippen LogP contribution in [0.4, 0.5) is 10.1 Å². The highest BCUT2D eigenvalue weighted by Gasteiger charge is 2.33. The molecule has 0 aromatic heterocycles. The van der Waals surface area contributed by atoms with Gasteiger partial charge < -0.3 is 15.0 Å². The van der Waals surface area contributed by atoms with Crippen LogP contribution >= 0.6 is 11.6 Å². The largest absolute Gasteiger partial charge is 0.497 e. The molecule has 0 heterocycles. The Labute approximate surface area is 251 Å². The second-order valence-corrected chi connectivity index (χ2v) is 12.6. The molecule has 1 aliphatic rings. The fourth-order valence-corrected chi connectivity index (χ4v) is 6.61. The summed E-state index contributed by atoms with van der Waals surface area (Å²) in [6, 6.07) is 17.3. The number of amides is 2. The molecule has 0 aliphatic heterocycles. The number of rotatable bonds is 11. The molecule has 224 valence electrons. The van der Waals surface area contributed by atoms with Crippen molar-refractivity contribution in [2.24, 2.45) is 0 Å². The number of hydrogen-bond acceptors (Lipinski definition) is 5. The molecule has 0 saturated heterocycles. The number of benzene rings is 3. The second kappa shape index (κ2) is 14.0. The lowest BCUT2D eigenvalue weighted by atomic mass is 9.95. The molecule has 0 unspecified atom stereocenters. The van der Waals surface area contributed by atoms with Gasteiger partial charge in [-0.15, -0.1) is 0 Å². The highest BCUT2D eigenvalue weighted by Crippen LogP contribution is 2.28. The van der Waals surface area contributed by atoms with Crippen molar-refractivity contribution in [1.29, 1.82) is 0 Å². The Morgan fingerprint density at radius 3 is 2.40 bits per heavy atom. The van der Waals surface area contributed by atoms with Crippen LogP contribution in [0.1, 0.15) is 44.6 Å². The predicted molar refractivity (Wildman–Crippen MR) is 160 cm³/mol. The van der Waals surface area contributed by atoms with Crippen molar-refractivity contribution in [2.75, 3.05) is 18.0 Å². The average Bonchev–Trinajstić information content (AvgIpc) is 3.00. The van der Waals surface area contributed by atoms with Crippen LogP contribution in [0.2, 0.25) is 5.02 Å². The Morgan fingerprint density at radius 2 is 1.74 bits per heavy atom. The molecule has 1 fully saturated rings. The molecule has 3 aromatic carbocycles. The van der Waals surface area contributed by atoms with E-state index in [4.69, 9.17) is 16.3 Å². The maximum atomic E-state index is 14.1. The summed E-state index contributed by atoms with van der Waals surface area (Å²) < 4.78 is 47.9. The molecule has 11 heteroatoms. The number of nitrogens with one attached hydrogen (secondary N) is 1. The van der Waals surface area contributed by atoms with Crippen molar-refractivity contribution >= 4 is 39.1 Å². The lowest BCUT2D eigenvalue weighted by Crippen LogP contribution is -2.53. The first-order chi connectivity index (χ1) is 20.1. The summed E-state index contributed by atoms with van der Waals surface area (Å²) >= 11 is 6.02. The highest BCUT2D eigenvalue weighted by atomic mass is 35.5. The molecule has 0 spiro atoms. The number of carbonyl (C=O) groups is 2. The van der Waals surface area contributed by atoms with Gasteiger partial charge in [-0.25, -0.2) is 12.8 Å². The topological polar surface area (TPSA) is 96.0 Å². The van der Waals surface area contributed by atoms with Gasteiger partial charge in [0.15, 0.2) is 0 Å². The van der Waals surface area contributed by atoms with E-state index in [0.717, 1.165) is 48.5 Å². The number of nitrogens with zero attached hydrogens (tertiary/aromatic N) is 2. The minimum Gasteiger partial charge on any atom is -0.497 e. The fourth-order valence-electron chi connectivity index (χ4n) is 5.01. The molecule has 1 atom stereocenters. The van der Waals surface area contributed by atoms with Crippen LogP contribution in [0.5, 0.6) is 5.75 Å². The van der Waals surface area contributed by atoms with Gasteiger partial charge in [0.1, 0.15) is 24.2 Å². The molecule has 1 saturated carbocycles. The monoisotopic (exact) mass is 615 g/mol. The molecule has 0 radical (unpaired) electrons. The van der Waals surface area contributed by atoms with E-state index >= 15 is 0 Å². The zero-order chi connectivity index (χ0) is 30.3. The van der Waals surface area contributed by atoms with Crippen molar-refractivity contribution in [3.05, 3.63) is 89.2 Å². The Kier molecular flexibility index (Phi) is 10.5. The van der Waals surface area contributed by atoms with Crippen molar-refractivity contribution in [3.8, 4) is 5.75 Å². The summed E-state index contributed by atoms with van der Waals surface area (Å²) in [5.74, 6) is -1.09. The van der Waals surface area contributed by atoms with Gasteiger partial charge in [0.25, 0.3) is 10.0 Å². The molecular weight excluding hydrogens is 581 g/mol. The number of halogens is 2. The van der Waals surface area contributed by atoms with E-state index in [9.17, 15) is 22.4 Å². The number of ether oxygens (including phenoxy) is 1. The summed E-state index contributed by atoms with van der Waals surface area (Å²) in [5.41, 5.74) is 0.710. The Balaban J connectivity index is 1.69. The number of anilines is 1. The van der Waals surface area contributed by atoms with Gasteiger partial charge in [-0.1, -0.05) is 61.2 Å². The van der Waals surface area contributed by atoms with Crippen LogP contribution in [0.15, 0.2) is 77.7 Å². The highest BCUT2D eigenvalue weighted by molar-refractivity contribution is 7.92. The molecule has 2 amide bonds. The smallest absolute Gasteiger partial charge is 0.264 e. The van der Waals surface area contributed by atoms with E-state index in [1.54, 1.807) is 49.4 Å². The average molecular weight is 616 g/mol. The molecule has 1 N–H and O–H groups in total. The summed E-state index contributed by atoms with van der Waals surface area (Å²) in [6.45, 7) is 1.00. The minimum absolute atomic E-state index is 0.0132. The number of sulfonamides is 1. The molecule has 42 heavy (non-hydrogen) atoms. The van der Waals surface area contributed by atoms with Crippen molar-refractivity contribution in [1.82, 2.24) is 10.2 Å². The van der Waals surface area contributed by atoms with Gasteiger partial charge in [-0.2, -0.15) is 0 Å². The van der Waals surface area contributed by atoms with Crippen LogP contribution in [0.25, 0.3) is 0 Å². The van der Waals surface area contributed by atoms with Crippen LogP contribution in [0, 0.1) is 5.82 Å². The zero-order valence-corrected chi connectivity index (χ0v) is 25.2. The van der Waals surface area contributed by atoms with Crippen LogP contribution < -0.4 is 14.4 Å². The predicted octanol–water partition coefficient (Wildman–Crippen LogP) is 5.55. The Bertz CT molecular complexity index is 1500. The molecule has 0 bridgehead atoms. The number of carbonyl (C=O) groups excluding carboxylic acids is 2. The molecule has 4 rings (SSSR count). The second-order valence-electron chi connectivity index (χ2n) is 10.3. The van der Waals surface area contributed by atoms with Gasteiger partial charge in [-0.05, 0) is 67.8 Å².